The normalized spacial score (nSPS) is 17.5. The lowest BCUT2D eigenvalue weighted by atomic mass is 10.2. The Hall–Kier alpha value is -2.10. The zero-order chi connectivity index (χ0) is 23.5. The molecule has 2 amide bonds. The van der Waals surface area contributed by atoms with Crippen LogP contribution in [-0.2, 0) is 20.8 Å². The molecule has 0 saturated carbocycles. The largest absolute Gasteiger partial charge is 0.445 e. The fraction of sp³-hybridized carbons (Fsp3) is 0.409. The van der Waals surface area contributed by atoms with Crippen molar-refractivity contribution in [2.24, 2.45) is 0 Å². The molecule has 0 aromatic heterocycles. The fourth-order valence-electron chi connectivity index (χ4n) is 3.11. The lowest BCUT2D eigenvalue weighted by Gasteiger charge is -2.23. The Bertz CT molecular complexity index is 852. The van der Waals surface area contributed by atoms with Gasteiger partial charge in [0, 0.05) is 47.0 Å². The second-order valence-corrected chi connectivity index (χ2v) is 9.92. The number of likely N-dealkylation sites (tertiary alicyclic amines) is 1. The molecule has 0 aliphatic carbocycles. The summed E-state index contributed by atoms with van der Waals surface area (Å²) in [5, 5.41) is 3.26. The Balaban J connectivity index is 2.00. The van der Waals surface area contributed by atoms with Crippen LogP contribution in [0.15, 0.2) is 48.4 Å². The van der Waals surface area contributed by atoms with Crippen molar-refractivity contribution in [1.29, 1.82) is 0 Å². The van der Waals surface area contributed by atoms with Crippen LogP contribution in [0.3, 0.4) is 0 Å². The van der Waals surface area contributed by atoms with E-state index < -0.39 is 12.2 Å². The summed E-state index contributed by atoms with van der Waals surface area (Å²) in [6, 6.07) is 5.50. The third-order valence-electron chi connectivity index (χ3n) is 4.48. The van der Waals surface area contributed by atoms with E-state index in [1.807, 2.05) is 12.1 Å². The highest BCUT2D eigenvalue weighted by molar-refractivity contribution is 8.14. The summed E-state index contributed by atoms with van der Waals surface area (Å²) in [4.78, 5) is 38.3. The number of carbonyl (C=O) groups excluding carboxylic acids is 3. The van der Waals surface area contributed by atoms with Crippen molar-refractivity contribution in [2.75, 3.05) is 25.5 Å². The summed E-state index contributed by atoms with van der Waals surface area (Å²) in [6.45, 7) is 9.56. The Morgan fingerprint density at radius 1 is 1.25 bits per heavy atom. The fourth-order valence-corrected chi connectivity index (χ4v) is 5.41. The van der Waals surface area contributed by atoms with Crippen molar-refractivity contribution < 1.29 is 23.9 Å². The summed E-state index contributed by atoms with van der Waals surface area (Å²) >= 11 is 9.10. The summed E-state index contributed by atoms with van der Waals surface area (Å²) in [7, 11) is 0. The minimum atomic E-state index is -0.548. The molecule has 174 valence electrons. The number of hydrogen-bond acceptors (Lipinski definition) is 7. The van der Waals surface area contributed by atoms with Crippen LogP contribution in [0.1, 0.15) is 18.9 Å². The van der Waals surface area contributed by atoms with Crippen LogP contribution in [-0.4, -0.2) is 59.0 Å². The number of alkyl carbamates (subject to hydrolysis) is 1. The molecule has 2 atom stereocenters. The van der Waals surface area contributed by atoms with Crippen molar-refractivity contribution >= 4 is 52.4 Å². The highest BCUT2D eigenvalue weighted by Crippen LogP contribution is 2.33. The van der Waals surface area contributed by atoms with E-state index in [9.17, 15) is 14.4 Å². The predicted octanol–water partition coefficient (Wildman–Crippen LogP) is 4.89. The first-order chi connectivity index (χ1) is 15.3. The molecule has 1 fully saturated rings. The molecule has 0 unspecified atom stereocenters. The molecule has 0 spiro atoms. The van der Waals surface area contributed by atoms with E-state index in [0.717, 1.165) is 10.5 Å². The zero-order valence-electron chi connectivity index (χ0n) is 17.9. The number of rotatable bonds is 10. The quantitative estimate of drug-likeness (QED) is 0.363. The lowest BCUT2D eigenvalue weighted by Crippen LogP contribution is -2.37. The van der Waals surface area contributed by atoms with Crippen LogP contribution in [0.4, 0.5) is 9.59 Å². The molecule has 32 heavy (non-hydrogen) atoms. The number of ether oxygens (including phenoxy) is 2. The smallest absolute Gasteiger partial charge is 0.410 e. The Kier molecular flexibility index (Phi) is 11.0. The Labute approximate surface area is 201 Å². The van der Waals surface area contributed by atoms with Crippen LogP contribution in [0.2, 0.25) is 5.02 Å². The summed E-state index contributed by atoms with van der Waals surface area (Å²) in [5.74, 6) is 0.633. The van der Waals surface area contributed by atoms with E-state index >= 15 is 0 Å². The van der Waals surface area contributed by atoms with Crippen molar-refractivity contribution in [3.63, 3.8) is 0 Å². The summed E-state index contributed by atoms with van der Waals surface area (Å²) < 4.78 is 10.1. The average molecular weight is 499 g/mol. The maximum absolute atomic E-state index is 12.5. The third kappa shape index (κ3) is 8.44. The summed E-state index contributed by atoms with van der Waals surface area (Å²) in [5.41, 5.74) is 0.755. The predicted molar refractivity (Wildman–Crippen MR) is 129 cm³/mol. The van der Waals surface area contributed by atoms with Crippen LogP contribution in [0, 0.1) is 0 Å². The van der Waals surface area contributed by atoms with Gasteiger partial charge in [-0.3, -0.25) is 4.79 Å². The van der Waals surface area contributed by atoms with Gasteiger partial charge >= 0.3 is 12.2 Å². The molecule has 7 nitrogen and oxygen atoms in total. The maximum Gasteiger partial charge on any atom is 0.410 e. The molecular formula is C22H27ClN2O5S2. The second-order valence-electron chi connectivity index (χ2n) is 6.94. The van der Waals surface area contributed by atoms with Gasteiger partial charge in [0.2, 0.25) is 0 Å². The monoisotopic (exact) mass is 498 g/mol. The van der Waals surface area contributed by atoms with Gasteiger partial charge in [-0.25, -0.2) is 9.59 Å². The highest BCUT2D eigenvalue weighted by atomic mass is 35.5. The minimum Gasteiger partial charge on any atom is -0.445 e. The van der Waals surface area contributed by atoms with Crippen molar-refractivity contribution in [2.45, 2.75) is 36.1 Å². The zero-order valence-corrected chi connectivity index (χ0v) is 20.3. The lowest BCUT2D eigenvalue weighted by molar-refractivity contribution is -0.109. The van der Waals surface area contributed by atoms with Crippen molar-refractivity contribution in [3.8, 4) is 0 Å². The number of benzene rings is 1. The molecule has 2 rings (SSSR count). The molecule has 1 heterocycles. The van der Waals surface area contributed by atoms with Gasteiger partial charge in [-0.2, -0.15) is 0 Å². The van der Waals surface area contributed by atoms with Crippen LogP contribution in [0.25, 0.3) is 0 Å². The first-order valence-corrected chi connectivity index (χ1v) is 12.2. The van der Waals surface area contributed by atoms with E-state index in [-0.39, 0.29) is 36.2 Å². The van der Waals surface area contributed by atoms with E-state index in [1.165, 1.54) is 30.8 Å². The van der Waals surface area contributed by atoms with Gasteiger partial charge in [0.05, 0.1) is 0 Å². The number of nitrogens with zero attached hydrogens (tertiary/aromatic N) is 1. The van der Waals surface area contributed by atoms with Crippen molar-refractivity contribution in [3.05, 3.63) is 54.1 Å². The van der Waals surface area contributed by atoms with Gasteiger partial charge < -0.3 is 19.7 Å². The van der Waals surface area contributed by atoms with E-state index in [4.69, 9.17) is 21.1 Å². The molecule has 1 aliphatic heterocycles. The van der Waals surface area contributed by atoms with E-state index in [0.29, 0.717) is 23.7 Å². The average Bonchev–Trinajstić information content (AvgIpc) is 3.16. The molecule has 1 aliphatic rings. The van der Waals surface area contributed by atoms with Crippen molar-refractivity contribution in [1.82, 2.24) is 10.2 Å². The number of hydrogen-bond donors (Lipinski definition) is 1. The molecule has 0 radical (unpaired) electrons. The molecule has 1 aromatic rings. The molecule has 0 bridgehead atoms. The first kappa shape index (κ1) is 26.2. The van der Waals surface area contributed by atoms with Gasteiger partial charge in [0.15, 0.2) is 5.12 Å². The molecule has 1 N–H and O–H groups in total. The number of thioether (sulfide) groups is 2. The Morgan fingerprint density at radius 2 is 1.97 bits per heavy atom. The number of nitrogens with one attached hydrogen (secondary N) is 1. The van der Waals surface area contributed by atoms with E-state index in [2.05, 4.69) is 18.5 Å². The Morgan fingerprint density at radius 3 is 2.66 bits per heavy atom. The molecule has 10 heteroatoms. The number of carbonyl (C=O) groups is 3. The first-order valence-electron chi connectivity index (χ1n) is 9.98. The summed E-state index contributed by atoms with van der Waals surface area (Å²) in [6.07, 6.45) is 2.77. The van der Waals surface area contributed by atoms with Gasteiger partial charge in [-0.15, -0.1) is 11.8 Å². The van der Waals surface area contributed by atoms with Crippen LogP contribution >= 0.6 is 35.1 Å². The highest BCUT2D eigenvalue weighted by Gasteiger charge is 2.37. The van der Waals surface area contributed by atoms with Crippen LogP contribution < -0.4 is 5.32 Å². The van der Waals surface area contributed by atoms with Gasteiger partial charge in [-0.05, 0) is 30.2 Å². The minimum absolute atomic E-state index is 0.0316. The second kappa shape index (κ2) is 13.4. The van der Waals surface area contributed by atoms with Gasteiger partial charge in [-0.1, -0.05) is 48.7 Å². The molecular weight excluding hydrogens is 472 g/mol. The number of halogens is 1. The van der Waals surface area contributed by atoms with E-state index in [1.54, 1.807) is 22.7 Å². The molecule has 1 saturated heterocycles. The van der Waals surface area contributed by atoms with Gasteiger partial charge in [0.1, 0.15) is 13.2 Å². The number of amides is 2. The SMILES string of the molecule is C=CCOC(=O)NCc1cc(SC[C@@H]2C[C@H](SC(C)=O)CN2C(=O)OCC=C)ccc1Cl. The maximum atomic E-state index is 12.5. The molecule has 1 aromatic carbocycles. The van der Waals surface area contributed by atoms with Gasteiger partial charge in [0.25, 0.3) is 0 Å². The topological polar surface area (TPSA) is 84.9 Å². The van der Waals surface area contributed by atoms with Crippen LogP contribution in [0.5, 0.6) is 0 Å². The standard InChI is InChI=1S/C22H27ClN2O5S2/c1-4-8-29-21(27)24-12-16-10-18(6-7-20(16)23)31-14-17-11-19(32-15(3)26)13-25(17)22(28)30-9-5-2/h4-7,10,17,19H,1-2,8-9,11-14H2,3H3,(H,24,27)/t17-,19-/m0/s1. The third-order valence-corrected chi connectivity index (χ3v) is 7.00.